The highest BCUT2D eigenvalue weighted by Crippen LogP contribution is 2.16. The van der Waals surface area contributed by atoms with E-state index in [0.717, 1.165) is 22.6 Å². The number of benzene rings is 2. The largest absolute Gasteiger partial charge is 0.494 e. The van der Waals surface area contributed by atoms with Crippen molar-refractivity contribution in [1.82, 2.24) is 0 Å². The van der Waals surface area contributed by atoms with Crippen molar-refractivity contribution in [3.05, 3.63) is 59.4 Å². The Morgan fingerprint density at radius 1 is 1.11 bits per heavy atom. The second-order valence-electron chi connectivity index (χ2n) is 4.45. The second kappa shape index (κ2) is 6.23. The molecular weight excluding hydrogens is 241 g/mol. The van der Waals surface area contributed by atoms with Crippen molar-refractivity contribution in [2.24, 2.45) is 0 Å². The summed E-state index contributed by atoms with van der Waals surface area (Å²) in [5.74, 6) is 0.655. The van der Waals surface area contributed by atoms with Gasteiger partial charge in [0.1, 0.15) is 11.6 Å². The Balaban J connectivity index is 1.98. The van der Waals surface area contributed by atoms with Crippen LogP contribution >= 0.6 is 0 Å². The van der Waals surface area contributed by atoms with Gasteiger partial charge in [0.15, 0.2) is 0 Å². The molecule has 0 saturated heterocycles. The van der Waals surface area contributed by atoms with Crippen molar-refractivity contribution in [1.29, 1.82) is 0 Å². The van der Waals surface area contributed by atoms with Crippen molar-refractivity contribution < 1.29 is 9.13 Å². The molecule has 19 heavy (non-hydrogen) atoms. The molecular formula is C16H18FNO. The molecule has 0 spiro atoms. The summed E-state index contributed by atoms with van der Waals surface area (Å²) in [6.07, 6.45) is 0. The Hall–Kier alpha value is -2.03. The predicted molar refractivity (Wildman–Crippen MR) is 76.1 cm³/mol. The summed E-state index contributed by atoms with van der Waals surface area (Å²) in [4.78, 5) is 0. The number of nitrogens with one attached hydrogen (secondary N) is 1. The fraction of sp³-hybridized carbons (Fsp3) is 0.250. The van der Waals surface area contributed by atoms with Gasteiger partial charge in [-0.1, -0.05) is 12.1 Å². The summed E-state index contributed by atoms with van der Waals surface area (Å²) in [6, 6.07) is 12.8. The molecule has 0 unspecified atom stereocenters. The lowest BCUT2D eigenvalue weighted by Crippen LogP contribution is -2.00. The van der Waals surface area contributed by atoms with Gasteiger partial charge in [-0.25, -0.2) is 4.39 Å². The van der Waals surface area contributed by atoms with Crippen LogP contribution in [0.25, 0.3) is 0 Å². The van der Waals surface area contributed by atoms with Crippen molar-refractivity contribution in [2.75, 3.05) is 11.9 Å². The first-order valence-electron chi connectivity index (χ1n) is 6.40. The van der Waals surface area contributed by atoms with Crippen LogP contribution in [0.2, 0.25) is 0 Å². The van der Waals surface area contributed by atoms with Gasteiger partial charge in [0.25, 0.3) is 0 Å². The molecule has 0 heterocycles. The van der Waals surface area contributed by atoms with Gasteiger partial charge < -0.3 is 10.1 Å². The molecule has 0 aliphatic carbocycles. The first-order chi connectivity index (χ1) is 9.17. The molecule has 2 nitrogen and oxygen atoms in total. The summed E-state index contributed by atoms with van der Waals surface area (Å²) in [5, 5.41) is 3.21. The Morgan fingerprint density at radius 3 is 2.47 bits per heavy atom. The Labute approximate surface area is 113 Å². The lowest BCUT2D eigenvalue weighted by molar-refractivity contribution is 0.340. The minimum absolute atomic E-state index is 0.214. The Bertz CT molecular complexity index is 517. The fourth-order valence-electron chi connectivity index (χ4n) is 1.91. The maximum absolute atomic E-state index is 13.2. The SMILES string of the molecule is CCOc1ccc(CNc2cc(C)cc(F)c2)cc1. The third kappa shape index (κ3) is 3.98. The highest BCUT2D eigenvalue weighted by molar-refractivity contribution is 5.46. The molecule has 0 aliphatic heterocycles. The molecule has 2 rings (SSSR count). The number of halogens is 1. The van der Waals surface area contributed by atoms with E-state index >= 15 is 0 Å². The van der Waals surface area contributed by atoms with Crippen LogP contribution in [0, 0.1) is 12.7 Å². The van der Waals surface area contributed by atoms with E-state index in [4.69, 9.17) is 4.74 Å². The number of rotatable bonds is 5. The Kier molecular flexibility index (Phi) is 4.39. The van der Waals surface area contributed by atoms with Crippen LogP contribution in [0.4, 0.5) is 10.1 Å². The standard InChI is InChI=1S/C16H18FNO/c1-3-19-16-6-4-13(5-7-16)11-18-15-9-12(2)8-14(17)10-15/h4-10,18H,3,11H2,1-2H3. The van der Waals surface area contributed by atoms with Crippen molar-refractivity contribution in [3.8, 4) is 5.75 Å². The molecule has 0 saturated carbocycles. The second-order valence-corrected chi connectivity index (χ2v) is 4.45. The topological polar surface area (TPSA) is 21.3 Å². The molecule has 0 bridgehead atoms. The average Bonchev–Trinajstić information content (AvgIpc) is 2.37. The molecule has 3 heteroatoms. The Morgan fingerprint density at radius 2 is 1.84 bits per heavy atom. The van der Waals surface area contributed by atoms with E-state index in [2.05, 4.69) is 5.32 Å². The van der Waals surface area contributed by atoms with Gasteiger partial charge in [-0.2, -0.15) is 0 Å². The van der Waals surface area contributed by atoms with E-state index in [9.17, 15) is 4.39 Å². The van der Waals surface area contributed by atoms with Gasteiger partial charge in [-0.15, -0.1) is 0 Å². The summed E-state index contributed by atoms with van der Waals surface area (Å²) < 4.78 is 18.6. The minimum atomic E-state index is -0.214. The van der Waals surface area contributed by atoms with Crippen LogP contribution in [0.15, 0.2) is 42.5 Å². The molecule has 2 aromatic carbocycles. The molecule has 2 aromatic rings. The number of ether oxygens (including phenoxy) is 1. The minimum Gasteiger partial charge on any atom is -0.494 e. The van der Waals surface area contributed by atoms with Crippen molar-refractivity contribution in [2.45, 2.75) is 20.4 Å². The first-order valence-corrected chi connectivity index (χ1v) is 6.40. The smallest absolute Gasteiger partial charge is 0.125 e. The van der Waals surface area contributed by atoms with Crippen LogP contribution in [-0.2, 0) is 6.54 Å². The number of hydrogen-bond acceptors (Lipinski definition) is 2. The molecule has 0 aliphatic rings. The van der Waals surface area contributed by atoms with E-state index in [-0.39, 0.29) is 5.82 Å². The van der Waals surface area contributed by atoms with Crippen LogP contribution < -0.4 is 10.1 Å². The molecule has 0 radical (unpaired) electrons. The van der Waals surface area contributed by atoms with Crippen molar-refractivity contribution >= 4 is 5.69 Å². The third-order valence-electron chi connectivity index (χ3n) is 2.77. The zero-order valence-electron chi connectivity index (χ0n) is 11.2. The average molecular weight is 259 g/mol. The van der Waals surface area contributed by atoms with Gasteiger partial charge in [0.2, 0.25) is 0 Å². The number of aryl methyl sites for hydroxylation is 1. The summed E-state index contributed by atoms with van der Waals surface area (Å²) in [7, 11) is 0. The quantitative estimate of drug-likeness (QED) is 0.871. The highest BCUT2D eigenvalue weighted by atomic mass is 19.1. The van der Waals surface area contributed by atoms with Gasteiger partial charge in [-0.05, 0) is 55.3 Å². The molecule has 0 aromatic heterocycles. The van der Waals surface area contributed by atoms with E-state index < -0.39 is 0 Å². The zero-order chi connectivity index (χ0) is 13.7. The monoisotopic (exact) mass is 259 g/mol. The van der Waals surface area contributed by atoms with Gasteiger partial charge in [-0.3, -0.25) is 0 Å². The summed E-state index contributed by atoms with van der Waals surface area (Å²) in [5.41, 5.74) is 2.84. The molecule has 1 N–H and O–H groups in total. The lowest BCUT2D eigenvalue weighted by Gasteiger charge is -2.09. The molecule has 0 atom stereocenters. The third-order valence-corrected chi connectivity index (χ3v) is 2.77. The fourth-order valence-corrected chi connectivity index (χ4v) is 1.91. The maximum atomic E-state index is 13.2. The summed E-state index contributed by atoms with van der Waals surface area (Å²) in [6.45, 7) is 5.17. The van der Waals surface area contributed by atoms with Crippen LogP contribution in [0.5, 0.6) is 5.75 Å². The number of anilines is 1. The van der Waals surface area contributed by atoms with Gasteiger partial charge in [0.05, 0.1) is 6.61 Å². The predicted octanol–water partition coefficient (Wildman–Crippen LogP) is 4.14. The van der Waals surface area contributed by atoms with E-state index in [1.165, 1.54) is 12.1 Å². The zero-order valence-corrected chi connectivity index (χ0v) is 11.2. The molecule has 100 valence electrons. The van der Waals surface area contributed by atoms with Crippen molar-refractivity contribution in [3.63, 3.8) is 0 Å². The maximum Gasteiger partial charge on any atom is 0.125 e. The van der Waals surface area contributed by atoms with Crippen LogP contribution in [0.3, 0.4) is 0 Å². The van der Waals surface area contributed by atoms with Crippen LogP contribution in [0.1, 0.15) is 18.1 Å². The summed E-state index contributed by atoms with van der Waals surface area (Å²) >= 11 is 0. The van der Waals surface area contributed by atoms with E-state index in [0.29, 0.717) is 13.2 Å². The van der Waals surface area contributed by atoms with E-state index in [1.807, 2.05) is 44.2 Å². The lowest BCUT2D eigenvalue weighted by atomic mass is 10.2. The first kappa shape index (κ1) is 13.4. The molecule has 0 fully saturated rings. The number of hydrogen-bond donors (Lipinski definition) is 1. The van der Waals surface area contributed by atoms with Gasteiger partial charge in [0, 0.05) is 12.2 Å². The van der Waals surface area contributed by atoms with Gasteiger partial charge >= 0.3 is 0 Å². The molecule has 0 amide bonds. The highest BCUT2D eigenvalue weighted by Gasteiger charge is 1.99. The normalized spacial score (nSPS) is 10.3. The van der Waals surface area contributed by atoms with E-state index in [1.54, 1.807) is 0 Å². The van der Waals surface area contributed by atoms with Crippen LogP contribution in [-0.4, -0.2) is 6.61 Å².